The lowest BCUT2D eigenvalue weighted by molar-refractivity contribution is -0.125. The molecule has 1 heterocycles. The summed E-state index contributed by atoms with van der Waals surface area (Å²) in [5.74, 6) is -1.35. The number of benzene rings is 1. The van der Waals surface area contributed by atoms with Gasteiger partial charge in [0.15, 0.2) is 17.5 Å². The number of hydrogen-bond donors (Lipinski definition) is 1. The van der Waals surface area contributed by atoms with Gasteiger partial charge < -0.3 is 19.2 Å². The number of aromatic amines is 1. The van der Waals surface area contributed by atoms with Crippen LogP contribution in [0.5, 0.6) is 5.75 Å². The van der Waals surface area contributed by atoms with Crippen molar-refractivity contribution in [2.75, 3.05) is 25.2 Å². The molecule has 0 aliphatic heterocycles. The highest BCUT2D eigenvalue weighted by molar-refractivity contribution is 6.02. The number of aryl methyl sites for hydroxylation is 1. The number of rotatable bonds is 9. The zero-order valence-corrected chi connectivity index (χ0v) is 17.9. The molecule has 0 radical (unpaired) electrons. The molecule has 162 valence electrons. The molecule has 0 bridgehead atoms. The molecule has 2 aromatic rings. The Balaban J connectivity index is 2.29. The van der Waals surface area contributed by atoms with E-state index >= 15 is 0 Å². The van der Waals surface area contributed by atoms with Gasteiger partial charge in [-0.1, -0.05) is 19.1 Å². The molecule has 0 fully saturated rings. The summed E-state index contributed by atoms with van der Waals surface area (Å²) in [6.07, 6.45) is -0.369. The first kappa shape index (κ1) is 22.9. The second-order valence-electron chi connectivity index (χ2n) is 6.45. The molecule has 1 aromatic carbocycles. The highest BCUT2D eigenvalue weighted by Crippen LogP contribution is 2.20. The molecule has 1 aromatic heterocycles. The first-order valence-electron chi connectivity index (χ1n) is 9.77. The normalized spacial score (nSPS) is 11.5. The molecule has 1 amide bonds. The molecular weight excluding hydrogens is 390 g/mol. The minimum atomic E-state index is -0.785. The van der Waals surface area contributed by atoms with Crippen molar-refractivity contribution in [3.8, 4) is 5.75 Å². The van der Waals surface area contributed by atoms with Crippen molar-refractivity contribution < 1.29 is 28.6 Å². The number of carbonyl (C=O) groups is 3. The molecule has 0 saturated carbocycles. The van der Waals surface area contributed by atoms with Crippen LogP contribution in [0.25, 0.3) is 0 Å². The SMILES string of the molecule is CCOC(=O)c1nc(N(C)C(=O)C(CC)Oc2cccc(C)c2)[nH]c1C(=O)OCC. The third-order valence-corrected chi connectivity index (χ3v) is 4.20. The number of imidazole rings is 1. The number of nitrogens with zero attached hydrogens (tertiary/aromatic N) is 2. The van der Waals surface area contributed by atoms with Gasteiger partial charge in [0, 0.05) is 7.05 Å². The van der Waals surface area contributed by atoms with E-state index in [2.05, 4.69) is 9.97 Å². The number of esters is 2. The first-order chi connectivity index (χ1) is 14.3. The summed E-state index contributed by atoms with van der Waals surface area (Å²) < 4.78 is 15.8. The molecule has 9 nitrogen and oxygen atoms in total. The lowest BCUT2D eigenvalue weighted by Crippen LogP contribution is -2.40. The van der Waals surface area contributed by atoms with Gasteiger partial charge in [-0.25, -0.2) is 14.6 Å². The van der Waals surface area contributed by atoms with Gasteiger partial charge in [0.25, 0.3) is 5.91 Å². The fraction of sp³-hybridized carbons (Fsp3) is 0.429. The minimum Gasteiger partial charge on any atom is -0.481 e. The van der Waals surface area contributed by atoms with Crippen molar-refractivity contribution in [2.24, 2.45) is 0 Å². The van der Waals surface area contributed by atoms with Gasteiger partial charge in [0.05, 0.1) is 13.2 Å². The first-order valence-corrected chi connectivity index (χ1v) is 9.77. The topological polar surface area (TPSA) is 111 Å². The Morgan fingerprint density at radius 2 is 1.77 bits per heavy atom. The second kappa shape index (κ2) is 10.4. The maximum Gasteiger partial charge on any atom is 0.359 e. The van der Waals surface area contributed by atoms with Gasteiger partial charge in [0.2, 0.25) is 5.95 Å². The van der Waals surface area contributed by atoms with Gasteiger partial charge in [-0.2, -0.15) is 0 Å². The summed E-state index contributed by atoms with van der Waals surface area (Å²) >= 11 is 0. The molecule has 2 rings (SSSR count). The van der Waals surface area contributed by atoms with Crippen LogP contribution in [0, 0.1) is 6.92 Å². The van der Waals surface area contributed by atoms with E-state index in [1.807, 2.05) is 32.0 Å². The number of carbonyl (C=O) groups excluding carboxylic acids is 3. The fourth-order valence-corrected chi connectivity index (χ4v) is 2.70. The highest BCUT2D eigenvalue weighted by atomic mass is 16.5. The van der Waals surface area contributed by atoms with E-state index in [1.54, 1.807) is 19.9 Å². The number of aromatic nitrogens is 2. The Labute approximate surface area is 175 Å². The predicted octanol–water partition coefficient (Wildman–Crippen LogP) is 2.89. The predicted molar refractivity (Wildman–Crippen MR) is 110 cm³/mol. The van der Waals surface area contributed by atoms with Crippen LogP contribution in [0.3, 0.4) is 0 Å². The summed E-state index contributed by atoms with van der Waals surface area (Å²) in [7, 11) is 1.48. The Hall–Kier alpha value is -3.36. The monoisotopic (exact) mass is 417 g/mol. The lowest BCUT2D eigenvalue weighted by Gasteiger charge is -2.22. The third kappa shape index (κ3) is 5.37. The van der Waals surface area contributed by atoms with Crippen LogP contribution in [-0.2, 0) is 14.3 Å². The fourth-order valence-electron chi connectivity index (χ4n) is 2.70. The van der Waals surface area contributed by atoms with Crippen LogP contribution >= 0.6 is 0 Å². The Morgan fingerprint density at radius 3 is 2.37 bits per heavy atom. The van der Waals surface area contributed by atoms with E-state index in [4.69, 9.17) is 14.2 Å². The van der Waals surface area contributed by atoms with Gasteiger partial charge >= 0.3 is 11.9 Å². The second-order valence-corrected chi connectivity index (χ2v) is 6.45. The lowest BCUT2D eigenvalue weighted by atomic mass is 10.2. The molecular formula is C21H27N3O6. The Bertz CT molecular complexity index is 872. The standard InChI is InChI=1S/C21H27N3O6/c1-6-15(30-14-11-9-10-13(4)12-14)18(25)24(5)21-22-16(19(26)28-7-2)17(23-21)20(27)29-8-3/h9-12,15H,6-8H2,1-5H3,(H,22,23). The summed E-state index contributed by atoms with van der Waals surface area (Å²) in [5, 5.41) is 0. The zero-order valence-electron chi connectivity index (χ0n) is 17.9. The summed E-state index contributed by atoms with van der Waals surface area (Å²) in [4.78, 5) is 45.4. The molecule has 0 aliphatic carbocycles. The average molecular weight is 417 g/mol. The van der Waals surface area contributed by atoms with Gasteiger partial charge in [0.1, 0.15) is 5.75 Å². The summed E-state index contributed by atoms with van der Waals surface area (Å²) in [5.41, 5.74) is 0.600. The van der Waals surface area contributed by atoms with Crippen LogP contribution in [0.1, 0.15) is 53.7 Å². The maximum absolute atomic E-state index is 13.0. The molecule has 0 spiro atoms. The molecule has 0 aliphatic rings. The molecule has 1 N–H and O–H groups in total. The van der Waals surface area contributed by atoms with E-state index in [0.717, 1.165) is 5.56 Å². The number of likely N-dealkylation sites (N-methyl/N-ethyl adjacent to an activating group) is 1. The smallest absolute Gasteiger partial charge is 0.359 e. The number of nitrogens with one attached hydrogen (secondary N) is 1. The Morgan fingerprint density at radius 1 is 1.10 bits per heavy atom. The van der Waals surface area contributed by atoms with E-state index < -0.39 is 23.9 Å². The van der Waals surface area contributed by atoms with Gasteiger partial charge in [-0.05, 0) is 44.9 Å². The van der Waals surface area contributed by atoms with Crippen LogP contribution < -0.4 is 9.64 Å². The highest BCUT2D eigenvalue weighted by Gasteiger charge is 2.30. The molecule has 1 unspecified atom stereocenters. The average Bonchev–Trinajstić information content (AvgIpc) is 3.17. The zero-order chi connectivity index (χ0) is 22.3. The summed E-state index contributed by atoms with van der Waals surface area (Å²) in [6, 6.07) is 7.38. The maximum atomic E-state index is 13.0. The van der Waals surface area contributed by atoms with Crippen LogP contribution in [-0.4, -0.2) is 54.2 Å². The van der Waals surface area contributed by atoms with Crippen molar-refractivity contribution in [1.82, 2.24) is 9.97 Å². The summed E-state index contributed by atoms with van der Waals surface area (Å²) in [6.45, 7) is 7.26. The van der Waals surface area contributed by atoms with Crippen molar-refractivity contribution in [3.05, 3.63) is 41.2 Å². The minimum absolute atomic E-state index is 0.0115. The van der Waals surface area contributed by atoms with Crippen molar-refractivity contribution >= 4 is 23.8 Å². The largest absolute Gasteiger partial charge is 0.481 e. The van der Waals surface area contributed by atoms with E-state index in [0.29, 0.717) is 12.2 Å². The number of H-pyrrole nitrogens is 1. The van der Waals surface area contributed by atoms with Crippen LogP contribution in [0.4, 0.5) is 5.95 Å². The number of hydrogen-bond acceptors (Lipinski definition) is 7. The number of anilines is 1. The molecule has 30 heavy (non-hydrogen) atoms. The van der Waals surface area contributed by atoms with Crippen molar-refractivity contribution in [1.29, 1.82) is 0 Å². The van der Waals surface area contributed by atoms with Crippen molar-refractivity contribution in [3.63, 3.8) is 0 Å². The van der Waals surface area contributed by atoms with E-state index in [-0.39, 0.29) is 30.5 Å². The van der Waals surface area contributed by atoms with E-state index in [9.17, 15) is 14.4 Å². The molecule has 1 atom stereocenters. The van der Waals surface area contributed by atoms with Crippen LogP contribution in [0.2, 0.25) is 0 Å². The number of ether oxygens (including phenoxy) is 3. The number of amides is 1. The Kier molecular flexibility index (Phi) is 7.97. The van der Waals surface area contributed by atoms with E-state index in [1.165, 1.54) is 11.9 Å². The van der Waals surface area contributed by atoms with Crippen molar-refractivity contribution in [2.45, 2.75) is 40.2 Å². The third-order valence-electron chi connectivity index (χ3n) is 4.20. The molecule has 0 saturated heterocycles. The van der Waals surface area contributed by atoms with Crippen LogP contribution in [0.15, 0.2) is 24.3 Å². The van der Waals surface area contributed by atoms with Gasteiger partial charge in [-0.15, -0.1) is 0 Å². The molecule has 9 heteroatoms. The quantitative estimate of drug-likeness (QED) is 0.625. The van der Waals surface area contributed by atoms with Gasteiger partial charge in [-0.3, -0.25) is 9.69 Å².